The van der Waals surface area contributed by atoms with Crippen molar-refractivity contribution in [1.29, 1.82) is 0 Å². The molecule has 572 valence electrons. The van der Waals surface area contributed by atoms with Gasteiger partial charge in [0.2, 0.25) is 0 Å². The van der Waals surface area contributed by atoms with Gasteiger partial charge in [-0.2, -0.15) is 0 Å². The molecule has 0 fully saturated rings. The standard InChI is InChI=1S/C81H136O17P2/c1-5-9-13-17-21-25-29-32-35-36-37-38-41-43-47-50-54-58-62-66-79(84)92-72-77(98-81(86)68-64-60-56-52-48-44-40-34-31-27-23-19-15-11-7-3)74-96-100(89,90)94-70-75(82)69-93-99(87,88)95-73-76(97-80(85)67-63-59-55-51-45-28-24-20-16-12-8-4)71-91-78(83)65-61-57-53-49-46-42-39-33-30-26-22-18-14-10-6-2/h9-10,13-14,20-22,24-26,32-35,37-40,43,46-47,49,75-77,82H,5-8,11-12,15-19,23,27-31,36,41-42,44-45,48,50-74H2,1-4H3,(H,87,88)(H,89,90)/b13-9-,14-10-,24-20-,25-21-,26-22-,35-32-,38-37-,39-33-,40-34-,47-43-,49-46-. The third-order valence-corrected chi connectivity index (χ3v) is 17.5. The van der Waals surface area contributed by atoms with Gasteiger partial charge in [-0.25, -0.2) is 9.13 Å². The summed E-state index contributed by atoms with van der Waals surface area (Å²) in [6.45, 7) is 4.49. The zero-order valence-electron chi connectivity index (χ0n) is 62.3. The molecule has 0 heterocycles. The second kappa shape index (κ2) is 72.5. The third-order valence-electron chi connectivity index (χ3n) is 15.6. The lowest BCUT2D eigenvalue weighted by Gasteiger charge is -2.21. The predicted molar refractivity (Wildman–Crippen MR) is 408 cm³/mol. The third kappa shape index (κ3) is 71.6. The van der Waals surface area contributed by atoms with Crippen molar-refractivity contribution in [1.82, 2.24) is 0 Å². The molecule has 0 aliphatic heterocycles. The molecule has 3 N–H and O–H groups in total. The lowest BCUT2D eigenvalue weighted by atomic mass is 10.1. The van der Waals surface area contributed by atoms with Crippen molar-refractivity contribution in [2.24, 2.45) is 0 Å². The number of aliphatic hydroxyl groups is 1. The number of rotatable bonds is 71. The fourth-order valence-electron chi connectivity index (χ4n) is 9.74. The molecule has 0 saturated carbocycles. The molecule has 17 nitrogen and oxygen atoms in total. The van der Waals surface area contributed by atoms with Gasteiger partial charge in [-0.1, -0.05) is 251 Å². The van der Waals surface area contributed by atoms with Crippen molar-refractivity contribution in [2.75, 3.05) is 39.6 Å². The summed E-state index contributed by atoms with van der Waals surface area (Å²) < 4.78 is 68.4. The Kier molecular flexibility index (Phi) is 69.1. The van der Waals surface area contributed by atoms with Gasteiger partial charge < -0.3 is 33.8 Å². The zero-order chi connectivity index (χ0) is 73.2. The average Bonchev–Trinajstić information content (AvgIpc) is 0.985. The number of carbonyl (C=O) groups excluding carboxylic acids is 4. The smallest absolute Gasteiger partial charge is 0.462 e. The zero-order valence-corrected chi connectivity index (χ0v) is 64.1. The molecule has 5 atom stereocenters. The number of hydrogen-bond acceptors (Lipinski definition) is 15. The summed E-state index contributed by atoms with van der Waals surface area (Å²) >= 11 is 0. The molecule has 0 amide bonds. The Morgan fingerprint density at radius 2 is 0.530 bits per heavy atom. The molecule has 0 bridgehead atoms. The highest BCUT2D eigenvalue weighted by Gasteiger charge is 2.30. The molecule has 0 aromatic heterocycles. The first kappa shape index (κ1) is 95.2. The molecule has 0 aliphatic carbocycles. The molecule has 0 spiro atoms. The van der Waals surface area contributed by atoms with Crippen LogP contribution in [-0.2, 0) is 65.4 Å². The maximum Gasteiger partial charge on any atom is 0.472 e. The normalized spacial score (nSPS) is 14.7. The number of unbranched alkanes of at least 4 members (excludes halogenated alkanes) is 23. The Labute approximate surface area is 605 Å². The van der Waals surface area contributed by atoms with E-state index in [1.54, 1.807) is 0 Å². The van der Waals surface area contributed by atoms with Gasteiger partial charge in [0.25, 0.3) is 0 Å². The van der Waals surface area contributed by atoms with Crippen LogP contribution < -0.4 is 0 Å². The molecule has 0 aliphatic rings. The summed E-state index contributed by atoms with van der Waals surface area (Å²) in [6, 6.07) is 0. The molecule has 100 heavy (non-hydrogen) atoms. The Morgan fingerprint density at radius 1 is 0.290 bits per heavy atom. The topological polar surface area (TPSA) is 237 Å². The molecule has 0 aromatic rings. The molecular formula is C81H136O17P2. The van der Waals surface area contributed by atoms with Crippen LogP contribution in [0, 0.1) is 0 Å². The molecule has 0 aromatic carbocycles. The first-order valence-electron chi connectivity index (χ1n) is 38.4. The van der Waals surface area contributed by atoms with Gasteiger partial charge >= 0.3 is 39.5 Å². The number of ether oxygens (including phenoxy) is 4. The SMILES string of the molecule is CC/C=C\C/C=C\C/C=C\C/C=C\C/C=C\CCCCCC(=O)OCC(COP(=O)(O)OCC(O)COP(=O)(O)OCC(COC(=O)CCCC/C=C\C/C=C\C/C=C\C/C=C\CC)OC(=O)CCCCCCC/C=C\CCCC)OC(=O)CCCCCCC/C=C\CCCCCCCC. The van der Waals surface area contributed by atoms with Gasteiger partial charge in [-0.05, 0) is 154 Å². The Bertz CT molecular complexity index is 2420. The molecule has 0 radical (unpaired) electrons. The molecule has 5 unspecified atom stereocenters. The summed E-state index contributed by atoms with van der Waals surface area (Å²) in [5, 5.41) is 10.6. The van der Waals surface area contributed by atoms with E-state index >= 15 is 0 Å². The minimum Gasteiger partial charge on any atom is -0.462 e. The predicted octanol–water partition coefficient (Wildman–Crippen LogP) is 22.1. The number of phosphoric acid groups is 2. The maximum absolute atomic E-state index is 13.1. The maximum atomic E-state index is 13.1. The highest BCUT2D eigenvalue weighted by molar-refractivity contribution is 7.47. The fraction of sp³-hybridized carbons (Fsp3) is 0.679. The average molecular weight is 1440 g/mol. The second-order valence-corrected chi connectivity index (χ2v) is 28.1. The second-order valence-electron chi connectivity index (χ2n) is 25.2. The van der Waals surface area contributed by atoms with Crippen LogP contribution in [0.3, 0.4) is 0 Å². The quantitative estimate of drug-likeness (QED) is 0.0169. The van der Waals surface area contributed by atoms with Gasteiger partial charge in [-0.3, -0.25) is 37.3 Å². The molecule has 0 saturated heterocycles. The minimum atomic E-state index is -4.99. The van der Waals surface area contributed by atoms with Crippen LogP contribution in [-0.4, -0.2) is 96.7 Å². The van der Waals surface area contributed by atoms with Crippen LogP contribution in [0.15, 0.2) is 134 Å². The van der Waals surface area contributed by atoms with Gasteiger partial charge in [0.15, 0.2) is 12.2 Å². The fourth-order valence-corrected chi connectivity index (χ4v) is 11.3. The Balaban J connectivity index is 5.40. The number of phosphoric ester groups is 2. The van der Waals surface area contributed by atoms with Gasteiger partial charge in [-0.15, -0.1) is 0 Å². The van der Waals surface area contributed by atoms with E-state index in [0.29, 0.717) is 25.7 Å². The lowest BCUT2D eigenvalue weighted by molar-refractivity contribution is -0.161. The number of esters is 4. The van der Waals surface area contributed by atoms with E-state index in [1.807, 2.05) is 0 Å². The Hall–Kier alpha value is -4.80. The van der Waals surface area contributed by atoms with Crippen molar-refractivity contribution < 1.29 is 80.2 Å². The summed E-state index contributed by atoms with van der Waals surface area (Å²) in [7, 11) is -9.98. The highest BCUT2D eigenvalue weighted by Crippen LogP contribution is 2.45. The molecular weight excluding hydrogens is 1310 g/mol. The van der Waals surface area contributed by atoms with Crippen LogP contribution in [0.2, 0.25) is 0 Å². The van der Waals surface area contributed by atoms with Gasteiger partial charge in [0.05, 0.1) is 26.4 Å². The number of allylic oxidation sites excluding steroid dienone is 22. The van der Waals surface area contributed by atoms with Crippen molar-refractivity contribution in [3.63, 3.8) is 0 Å². The van der Waals surface area contributed by atoms with E-state index in [-0.39, 0.29) is 25.7 Å². The first-order valence-corrected chi connectivity index (χ1v) is 41.4. The van der Waals surface area contributed by atoms with E-state index in [4.69, 9.17) is 37.0 Å². The van der Waals surface area contributed by atoms with Crippen LogP contribution >= 0.6 is 15.6 Å². The number of hydrogen-bond donors (Lipinski definition) is 3. The number of carbonyl (C=O) groups is 4. The monoisotopic (exact) mass is 1440 g/mol. The van der Waals surface area contributed by atoms with Crippen LogP contribution in [0.4, 0.5) is 0 Å². The Morgan fingerprint density at radius 3 is 0.870 bits per heavy atom. The van der Waals surface area contributed by atoms with Crippen molar-refractivity contribution in [3.8, 4) is 0 Å². The van der Waals surface area contributed by atoms with Crippen molar-refractivity contribution in [3.05, 3.63) is 134 Å². The van der Waals surface area contributed by atoms with E-state index < -0.39 is 97.5 Å². The van der Waals surface area contributed by atoms with Gasteiger partial charge in [0, 0.05) is 25.7 Å². The number of aliphatic hydroxyl groups excluding tert-OH is 1. The lowest BCUT2D eigenvalue weighted by Crippen LogP contribution is -2.30. The highest BCUT2D eigenvalue weighted by atomic mass is 31.2. The first-order chi connectivity index (χ1) is 48.7. The van der Waals surface area contributed by atoms with Crippen LogP contribution in [0.1, 0.15) is 297 Å². The van der Waals surface area contributed by atoms with Crippen LogP contribution in [0.5, 0.6) is 0 Å². The van der Waals surface area contributed by atoms with E-state index in [1.165, 1.54) is 51.4 Å². The summed E-state index contributed by atoms with van der Waals surface area (Å²) in [6.07, 6.45) is 80.2. The summed E-state index contributed by atoms with van der Waals surface area (Å²) in [5.74, 6) is -2.28. The van der Waals surface area contributed by atoms with Crippen molar-refractivity contribution >= 4 is 39.5 Å². The van der Waals surface area contributed by atoms with Crippen molar-refractivity contribution in [2.45, 2.75) is 316 Å². The van der Waals surface area contributed by atoms with E-state index in [0.717, 1.165) is 167 Å². The minimum absolute atomic E-state index is 0.0717. The summed E-state index contributed by atoms with van der Waals surface area (Å²) in [4.78, 5) is 72.8. The largest absolute Gasteiger partial charge is 0.472 e. The van der Waals surface area contributed by atoms with Crippen LogP contribution in [0.25, 0.3) is 0 Å². The van der Waals surface area contributed by atoms with Gasteiger partial charge in [0.1, 0.15) is 19.3 Å². The molecule has 0 rings (SSSR count). The van der Waals surface area contributed by atoms with E-state index in [9.17, 15) is 43.2 Å². The summed E-state index contributed by atoms with van der Waals surface area (Å²) in [5.41, 5.74) is 0. The molecule has 19 heteroatoms. The van der Waals surface area contributed by atoms with E-state index in [2.05, 4.69) is 161 Å².